The minimum Gasteiger partial charge on any atom is -0.506 e. The van der Waals surface area contributed by atoms with Crippen molar-refractivity contribution in [1.82, 2.24) is 4.98 Å². The molecular formula is C8H9N3O. The van der Waals surface area contributed by atoms with Crippen LogP contribution in [0, 0.1) is 10.8 Å². The summed E-state index contributed by atoms with van der Waals surface area (Å²) in [7, 11) is 0. The van der Waals surface area contributed by atoms with Crippen LogP contribution < -0.4 is 0 Å². The summed E-state index contributed by atoms with van der Waals surface area (Å²) in [4.78, 5) is 3.72. The highest BCUT2D eigenvalue weighted by molar-refractivity contribution is 6.04. The van der Waals surface area contributed by atoms with E-state index in [0.717, 1.165) is 6.21 Å². The van der Waals surface area contributed by atoms with Crippen LogP contribution >= 0.6 is 0 Å². The number of nitrogens with one attached hydrogen (secondary N) is 2. The van der Waals surface area contributed by atoms with Gasteiger partial charge in [0.1, 0.15) is 5.75 Å². The second kappa shape index (κ2) is 3.61. The van der Waals surface area contributed by atoms with Crippen molar-refractivity contribution in [3.05, 3.63) is 24.0 Å². The molecule has 1 heterocycles. The fraction of sp³-hybridized carbons (Fsp3) is 0.125. The van der Waals surface area contributed by atoms with Crippen LogP contribution in [0.15, 0.2) is 18.5 Å². The molecule has 0 radical (unpaired) electrons. The van der Waals surface area contributed by atoms with Gasteiger partial charge in [-0.25, -0.2) is 0 Å². The van der Waals surface area contributed by atoms with Crippen molar-refractivity contribution in [1.29, 1.82) is 10.8 Å². The van der Waals surface area contributed by atoms with Crippen LogP contribution in [0.1, 0.15) is 12.0 Å². The average Bonchev–Trinajstić information content (AvgIpc) is 2.05. The fourth-order valence-electron chi connectivity index (χ4n) is 0.813. The van der Waals surface area contributed by atoms with E-state index in [-0.39, 0.29) is 17.9 Å². The Bertz CT molecular complexity index is 309. The van der Waals surface area contributed by atoms with Gasteiger partial charge in [-0.1, -0.05) is 0 Å². The molecule has 0 saturated heterocycles. The lowest BCUT2D eigenvalue weighted by atomic mass is 10.1. The maximum atomic E-state index is 9.01. The molecular weight excluding hydrogens is 154 g/mol. The molecule has 0 aliphatic rings. The molecule has 1 aromatic rings. The van der Waals surface area contributed by atoms with Gasteiger partial charge in [0, 0.05) is 30.1 Å². The lowest BCUT2D eigenvalue weighted by molar-refractivity contribution is 0.472. The summed E-state index contributed by atoms with van der Waals surface area (Å²) in [6.07, 6.45) is 4.21. The second-order valence-corrected chi connectivity index (χ2v) is 2.32. The molecule has 0 spiro atoms. The molecule has 0 bridgehead atoms. The van der Waals surface area contributed by atoms with Crippen molar-refractivity contribution in [3.63, 3.8) is 0 Å². The van der Waals surface area contributed by atoms with Crippen LogP contribution in [-0.2, 0) is 0 Å². The molecule has 0 aliphatic heterocycles. The highest BCUT2D eigenvalue weighted by Gasteiger charge is 2.00. The minimum atomic E-state index is 0.0437. The second-order valence-electron chi connectivity index (χ2n) is 2.32. The van der Waals surface area contributed by atoms with E-state index in [1.54, 1.807) is 0 Å². The van der Waals surface area contributed by atoms with Crippen molar-refractivity contribution in [2.75, 3.05) is 0 Å². The number of hydrogen-bond donors (Lipinski definition) is 3. The van der Waals surface area contributed by atoms with Gasteiger partial charge in [0.25, 0.3) is 0 Å². The SMILES string of the molecule is N=CCC(=N)c1cncc(O)c1. The van der Waals surface area contributed by atoms with Gasteiger partial charge in [-0.3, -0.25) is 4.98 Å². The number of hydrogen-bond acceptors (Lipinski definition) is 4. The van der Waals surface area contributed by atoms with Crippen molar-refractivity contribution < 1.29 is 5.11 Å². The van der Waals surface area contributed by atoms with Crippen molar-refractivity contribution in [2.24, 2.45) is 0 Å². The molecule has 0 fully saturated rings. The quantitative estimate of drug-likeness (QED) is 0.585. The van der Waals surface area contributed by atoms with E-state index in [4.69, 9.17) is 15.9 Å². The standard InChI is InChI=1S/C8H9N3O/c9-2-1-8(10)6-3-7(12)5-11-4-6/h2-5,9-10,12H,1H2. The molecule has 0 atom stereocenters. The molecule has 1 aromatic heterocycles. The van der Waals surface area contributed by atoms with E-state index in [0.29, 0.717) is 5.56 Å². The zero-order chi connectivity index (χ0) is 8.97. The van der Waals surface area contributed by atoms with Crippen LogP contribution in [0.4, 0.5) is 0 Å². The Labute approximate surface area is 69.9 Å². The van der Waals surface area contributed by atoms with Gasteiger partial charge in [-0.15, -0.1) is 0 Å². The van der Waals surface area contributed by atoms with Gasteiger partial charge in [0.2, 0.25) is 0 Å². The number of aromatic hydroxyl groups is 1. The van der Waals surface area contributed by atoms with Gasteiger partial charge in [0.15, 0.2) is 0 Å². The number of nitrogens with zero attached hydrogens (tertiary/aromatic N) is 1. The molecule has 12 heavy (non-hydrogen) atoms. The molecule has 1 rings (SSSR count). The van der Waals surface area contributed by atoms with E-state index in [1.807, 2.05) is 0 Å². The van der Waals surface area contributed by atoms with E-state index in [1.165, 1.54) is 18.5 Å². The lowest BCUT2D eigenvalue weighted by Crippen LogP contribution is -1.99. The maximum Gasteiger partial charge on any atom is 0.134 e. The lowest BCUT2D eigenvalue weighted by Gasteiger charge is -1.99. The molecule has 0 saturated carbocycles. The fourth-order valence-corrected chi connectivity index (χ4v) is 0.813. The van der Waals surface area contributed by atoms with Crippen LogP contribution in [0.25, 0.3) is 0 Å². The molecule has 0 amide bonds. The van der Waals surface area contributed by atoms with E-state index >= 15 is 0 Å². The van der Waals surface area contributed by atoms with Gasteiger partial charge in [0.05, 0.1) is 6.20 Å². The molecule has 4 heteroatoms. The first-order valence-corrected chi connectivity index (χ1v) is 3.45. The van der Waals surface area contributed by atoms with Crippen LogP contribution in [-0.4, -0.2) is 22.0 Å². The largest absolute Gasteiger partial charge is 0.506 e. The molecule has 3 N–H and O–H groups in total. The normalized spacial score (nSPS) is 9.33. The van der Waals surface area contributed by atoms with E-state index in [2.05, 4.69) is 4.98 Å². The topological polar surface area (TPSA) is 80.8 Å². The first kappa shape index (κ1) is 8.39. The summed E-state index contributed by atoms with van der Waals surface area (Å²) >= 11 is 0. The summed E-state index contributed by atoms with van der Waals surface area (Å²) in [5.74, 6) is 0.0437. The maximum absolute atomic E-state index is 9.01. The Morgan fingerprint density at radius 2 is 2.33 bits per heavy atom. The predicted octanol–water partition coefficient (Wildman–Crippen LogP) is 1.19. The molecule has 62 valence electrons. The first-order valence-electron chi connectivity index (χ1n) is 3.45. The van der Waals surface area contributed by atoms with Gasteiger partial charge in [-0.05, 0) is 6.07 Å². The predicted molar refractivity (Wildman–Crippen MR) is 46.1 cm³/mol. The Hall–Kier alpha value is -1.71. The van der Waals surface area contributed by atoms with Gasteiger partial charge >= 0.3 is 0 Å². The average molecular weight is 163 g/mol. The Morgan fingerprint density at radius 1 is 1.58 bits per heavy atom. The van der Waals surface area contributed by atoms with Crippen molar-refractivity contribution >= 4 is 11.9 Å². The third-order valence-corrected chi connectivity index (χ3v) is 1.38. The zero-order valence-corrected chi connectivity index (χ0v) is 6.41. The molecule has 0 aliphatic carbocycles. The monoisotopic (exact) mass is 163 g/mol. The summed E-state index contributed by atoms with van der Waals surface area (Å²) < 4.78 is 0. The molecule has 4 nitrogen and oxygen atoms in total. The minimum absolute atomic E-state index is 0.0437. The Kier molecular flexibility index (Phi) is 2.53. The third-order valence-electron chi connectivity index (χ3n) is 1.38. The number of rotatable bonds is 3. The summed E-state index contributed by atoms with van der Waals surface area (Å²) in [5.41, 5.74) is 0.840. The smallest absolute Gasteiger partial charge is 0.134 e. The van der Waals surface area contributed by atoms with Crippen molar-refractivity contribution in [3.8, 4) is 5.75 Å². The zero-order valence-electron chi connectivity index (χ0n) is 6.41. The van der Waals surface area contributed by atoms with E-state index < -0.39 is 0 Å². The van der Waals surface area contributed by atoms with Crippen LogP contribution in [0.3, 0.4) is 0 Å². The highest BCUT2D eigenvalue weighted by atomic mass is 16.3. The van der Waals surface area contributed by atoms with Crippen LogP contribution in [0.2, 0.25) is 0 Å². The summed E-state index contributed by atoms with van der Waals surface area (Å²) in [6.45, 7) is 0. The highest BCUT2D eigenvalue weighted by Crippen LogP contribution is 2.09. The number of aromatic nitrogens is 1. The van der Waals surface area contributed by atoms with Crippen LogP contribution in [0.5, 0.6) is 5.75 Å². The Morgan fingerprint density at radius 3 is 2.92 bits per heavy atom. The summed E-state index contributed by atoms with van der Waals surface area (Å²) in [6, 6.07) is 1.46. The molecule has 0 aromatic carbocycles. The van der Waals surface area contributed by atoms with Gasteiger partial charge in [-0.2, -0.15) is 0 Å². The summed E-state index contributed by atoms with van der Waals surface area (Å²) in [5, 5.41) is 23.2. The van der Waals surface area contributed by atoms with Gasteiger partial charge < -0.3 is 15.9 Å². The van der Waals surface area contributed by atoms with E-state index in [9.17, 15) is 0 Å². The molecule has 0 unspecified atom stereocenters. The third kappa shape index (κ3) is 1.88. The first-order chi connectivity index (χ1) is 5.74. The Balaban J connectivity index is 2.87. The van der Waals surface area contributed by atoms with Crippen molar-refractivity contribution in [2.45, 2.75) is 6.42 Å². The number of pyridine rings is 1.